The zero-order chi connectivity index (χ0) is 10.8. The summed E-state index contributed by atoms with van der Waals surface area (Å²) in [6, 6.07) is 0.501. The quantitative estimate of drug-likeness (QED) is 0.529. The number of hydrogen-bond donors (Lipinski definition) is 3. The lowest BCUT2D eigenvalue weighted by Gasteiger charge is -2.19. The van der Waals surface area contributed by atoms with E-state index in [2.05, 4.69) is 19.2 Å². The zero-order valence-corrected chi connectivity index (χ0v) is 9.50. The highest BCUT2D eigenvalue weighted by Gasteiger charge is 2.08. The van der Waals surface area contributed by atoms with E-state index < -0.39 is 6.10 Å². The van der Waals surface area contributed by atoms with Crippen molar-refractivity contribution in [1.29, 1.82) is 0 Å². The summed E-state index contributed by atoms with van der Waals surface area (Å²) in [5.41, 5.74) is 0. The Balaban J connectivity index is 3.60. The Labute approximate surface area is 87.5 Å². The molecule has 0 saturated heterocycles. The van der Waals surface area contributed by atoms with Gasteiger partial charge in [0.25, 0.3) is 0 Å². The average molecular weight is 203 g/mol. The molecule has 0 aliphatic carbocycles. The molecule has 0 rings (SSSR count). The van der Waals surface area contributed by atoms with E-state index in [1.165, 1.54) is 19.3 Å². The molecule has 0 spiro atoms. The Kier molecular flexibility index (Phi) is 9.35. The lowest BCUT2D eigenvalue weighted by molar-refractivity contribution is 0.0911. The summed E-state index contributed by atoms with van der Waals surface area (Å²) in [4.78, 5) is 0. The molecule has 3 nitrogen and oxygen atoms in total. The molecule has 0 saturated carbocycles. The van der Waals surface area contributed by atoms with Crippen LogP contribution in [0, 0.1) is 0 Å². The predicted molar refractivity (Wildman–Crippen MR) is 59.3 cm³/mol. The first kappa shape index (κ1) is 13.9. The van der Waals surface area contributed by atoms with Crippen molar-refractivity contribution in [3.8, 4) is 0 Å². The van der Waals surface area contributed by atoms with E-state index in [0.717, 1.165) is 12.8 Å². The van der Waals surface area contributed by atoms with Gasteiger partial charge in [-0.05, 0) is 12.8 Å². The first-order valence-corrected chi connectivity index (χ1v) is 5.76. The minimum atomic E-state index is -0.615. The van der Waals surface area contributed by atoms with Crippen LogP contribution in [-0.2, 0) is 0 Å². The van der Waals surface area contributed by atoms with Gasteiger partial charge in [-0.1, -0.05) is 33.1 Å². The molecule has 0 fully saturated rings. The molecule has 0 aliphatic rings. The van der Waals surface area contributed by atoms with Crippen molar-refractivity contribution >= 4 is 0 Å². The summed E-state index contributed by atoms with van der Waals surface area (Å²) < 4.78 is 0. The Bertz CT molecular complexity index is 120. The van der Waals surface area contributed by atoms with Gasteiger partial charge in [-0.15, -0.1) is 0 Å². The molecule has 14 heavy (non-hydrogen) atoms. The Morgan fingerprint density at radius 1 is 1.14 bits per heavy atom. The standard InChI is InChI=1S/C11H25NO2/c1-3-5-7-10(6-4-2)12-8-11(14)9-13/h10-14H,3-9H2,1-2H3. The first-order chi connectivity index (χ1) is 6.74. The second kappa shape index (κ2) is 9.44. The van der Waals surface area contributed by atoms with E-state index >= 15 is 0 Å². The molecule has 2 atom stereocenters. The molecule has 0 radical (unpaired) electrons. The van der Waals surface area contributed by atoms with E-state index in [1.54, 1.807) is 0 Å². The summed E-state index contributed by atoms with van der Waals surface area (Å²) >= 11 is 0. The predicted octanol–water partition coefficient (Wildman–Crippen LogP) is 1.29. The zero-order valence-electron chi connectivity index (χ0n) is 9.50. The normalized spacial score (nSPS) is 15.4. The molecule has 0 bridgehead atoms. The lowest BCUT2D eigenvalue weighted by atomic mass is 10.1. The topological polar surface area (TPSA) is 52.5 Å². The summed E-state index contributed by atoms with van der Waals surface area (Å²) in [6.07, 6.45) is 5.31. The smallest absolute Gasteiger partial charge is 0.0895 e. The van der Waals surface area contributed by atoms with Gasteiger partial charge in [-0.25, -0.2) is 0 Å². The number of unbranched alkanes of at least 4 members (excludes halogenated alkanes) is 1. The monoisotopic (exact) mass is 203 g/mol. The largest absolute Gasteiger partial charge is 0.394 e. The number of aliphatic hydroxyl groups is 2. The number of rotatable bonds is 9. The SMILES string of the molecule is CCCCC(CCC)NCC(O)CO. The van der Waals surface area contributed by atoms with Crippen LogP contribution in [0.15, 0.2) is 0 Å². The molecule has 0 aromatic carbocycles. The van der Waals surface area contributed by atoms with Crippen LogP contribution in [0.3, 0.4) is 0 Å². The van der Waals surface area contributed by atoms with Crippen molar-refractivity contribution in [3.63, 3.8) is 0 Å². The van der Waals surface area contributed by atoms with Crippen molar-refractivity contribution in [2.24, 2.45) is 0 Å². The Morgan fingerprint density at radius 3 is 2.36 bits per heavy atom. The molecule has 0 aromatic rings. The maximum absolute atomic E-state index is 9.19. The van der Waals surface area contributed by atoms with Gasteiger partial charge in [0.1, 0.15) is 0 Å². The first-order valence-electron chi connectivity index (χ1n) is 5.76. The minimum absolute atomic E-state index is 0.153. The van der Waals surface area contributed by atoms with Gasteiger partial charge in [0.05, 0.1) is 12.7 Å². The van der Waals surface area contributed by atoms with Gasteiger partial charge in [-0.2, -0.15) is 0 Å². The molecule has 0 aliphatic heterocycles. The van der Waals surface area contributed by atoms with E-state index in [9.17, 15) is 5.11 Å². The van der Waals surface area contributed by atoms with Gasteiger partial charge in [0.2, 0.25) is 0 Å². The molecule has 0 heterocycles. The Morgan fingerprint density at radius 2 is 1.86 bits per heavy atom. The molecule has 86 valence electrons. The molecule has 3 heteroatoms. The van der Waals surface area contributed by atoms with Gasteiger partial charge >= 0.3 is 0 Å². The van der Waals surface area contributed by atoms with Gasteiger partial charge in [-0.3, -0.25) is 0 Å². The van der Waals surface area contributed by atoms with Crippen molar-refractivity contribution in [2.45, 2.75) is 58.1 Å². The van der Waals surface area contributed by atoms with Crippen molar-refractivity contribution in [1.82, 2.24) is 5.32 Å². The van der Waals surface area contributed by atoms with Crippen LogP contribution in [0.4, 0.5) is 0 Å². The van der Waals surface area contributed by atoms with Crippen LogP contribution in [-0.4, -0.2) is 35.5 Å². The third-order valence-electron chi connectivity index (χ3n) is 2.40. The number of nitrogens with one attached hydrogen (secondary N) is 1. The lowest BCUT2D eigenvalue weighted by Crippen LogP contribution is -2.37. The third kappa shape index (κ3) is 7.30. The van der Waals surface area contributed by atoms with Gasteiger partial charge < -0.3 is 15.5 Å². The highest BCUT2D eigenvalue weighted by atomic mass is 16.3. The summed E-state index contributed by atoms with van der Waals surface area (Å²) in [6.45, 7) is 4.71. The fourth-order valence-electron chi connectivity index (χ4n) is 1.51. The van der Waals surface area contributed by atoms with E-state index in [-0.39, 0.29) is 6.61 Å². The summed E-state index contributed by atoms with van der Waals surface area (Å²) in [7, 11) is 0. The second-order valence-corrected chi connectivity index (χ2v) is 3.87. The third-order valence-corrected chi connectivity index (χ3v) is 2.40. The maximum atomic E-state index is 9.19. The molecule has 0 aromatic heterocycles. The van der Waals surface area contributed by atoms with Gasteiger partial charge in [0.15, 0.2) is 0 Å². The second-order valence-electron chi connectivity index (χ2n) is 3.87. The summed E-state index contributed by atoms with van der Waals surface area (Å²) in [5, 5.41) is 21.1. The Hall–Kier alpha value is -0.120. The fraction of sp³-hybridized carbons (Fsp3) is 1.00. The van der Waals surface area contributed by atoms with Crippen LogP contribution in [0.1, 0.15) is 46.0 Å². The van der Waals surface area contributed by atoms with E-state index in [4.69, 9.17) is 5.11 Å². The fourth-order valence-corrected chi connectivity index (χ4v) is 1.51. The molecular formula is C11H25NO2. The number of aliphatic hydroxyl groups excluding tert-OH is 2. The van der Waals surface area contributed by atoms with Gasteiger partial charge in [0, 0.05) is 12.6 Å². The van der Waals surface area contributed by atoms with Crippen LogP contribution in [0.2, 0.25) is 0 Å². The van der Waals surface area contributed by atoms with Crippen LogP contribution in [0.5, 0.6) is 0 Å². The maximum Gasteiger partial charge on any atom is 0.0895 e. The van der Waals surface area contributed by atoms with Crippen LogP contribution < -0.4 is 5.32 Å². The number of hydrogen-bond acceptors (Lipinski definition) is 3. The molecule has 0 amide bonds. The van der Waals surface area contributed by atoms with Crippen molar-refractivity contribution in [2.75, 3.05) is 13.2 Å². The highest BCUT2D eigenvalue weighted by Crippen LogP contribution is 2.06. The van der Waals surface area contributed by atoms with E-state index in [1.807, 2.05) is 0 Å². The van der Waals surface area contributed by atoms with Crippen molar-refractivity contribution in [3.05, 3.63) is 0 Å². The molecule has 3 N–H and O–H groups in total. The average Bonchev–Trinajstić information content (AvgIpc) is 2.21. The van der Waals surface area contributed by atoms with E-state index in [0.29, 0.717) is 12.6 Å². The van der Waals surface area contributed by atoms with Crippen LogP contribution >= 0.6 is 0 Å². The summed E-state index contributed by atoms with van der Waals surface area (Å²) in [5.74, 6) is 0. The van der Waals surface area contributed by atoms with Crippen molar-refractivity contribution < 1.29 is 10.2 Å². The minimum Gasteiger partial charge on any atom is -0.394 e. The molecular weight excluding hydrogens is 178 g/mol. The molecule has 2 unspecified atom stereocenters. The highest BCUT2D eigenvalue weighted by molar-refractivity contribution is 4.68. The van der Waals surface area contributed by atoms with Crippen LogP contribution in [0.25, 0.3) is 0 Å².